The van der Waals surface area contributed by atoms with E-state index in [4.69, 9.17) is 4.74 Å². The first-order valence-electron chi connectivity index (χ1n) is 9.74. The average molecular weight is 369 g/mol. The second-order valence-electron chi connectivity index (χ2n) is 9.45. The van der Waals surface area contributed by atoms with Gasteiger partial charge < -0.3 is 4.74 Å². The number of hydrogen-bond donors (Lipinski definition) is 1. The predicted octanol–water partition coefficient (Wildman–Crippen LogP) is 2.15. The molecular formula is C19H32N2O3S. The van der Waals surface area contributed by atoms with Crippen LogP contribution in [-0.4, -0.2) is 56.5 Å². The molecule has 0 aromatic carbocycles. The number of fused-ring (bicyclic) bond motifs is 1. The van der Waals surface area contributed by atoms with Crippen molar-refractivity contribution in [1.29, 1.82) is 0 Å². The lowest BCUT2D eigenvalue weighted by atomic mass is 9.74. The van der Waals surface area contributed by atoms with E-state index >= 15 is 0 Å². The van der Waals surface area contributed by atoms with E-state index in [2.05, 4.69) is 30.0 Å². The fraction of sp³-hybridized carbons (Fsp3) is 0.895. The summed E-state index contributed by atoms with van der Waals surface area (Å²) in [5.74, 6) is 0.794. The molecule has 2 bridgehead atoms. The molecule has 4 fully saturated rings. The fourth-order valence-corrected chi connectivity index (χ4v) is 6.87. The SMILES string of the molecule is C=CCC(C)(C)CN1C[C@@H]2[C@H](CNS(=O)(=O)C3CC3)[C@H]3CC[C@]2(C1)O3. The highest BCUT2D eigenvalue weighted by molar-refractivity contribution is 7.90. The second-order valence-corrected chi connectivity index (χ2v) is 11.5. The van der Waals surface area contributed by atoms with Gasteiger partial charge in [0, 0.05) is 38.0 Å². The standard InChI is InChI=1S/C19H32N2O3S/c1-4-8-18(2,3)12-21-11-16-15(10-20-25(22,23)14-5-6-14)17-7-9-19(16,13-21)24-17/h4,14-17,20H,1,5-13H2,2-3H3/t15-,16+,17+,19+/m0/s1. The van der Waals surface area contributed by atoms with Crippen LogP contribution in [0.1, 0.15) is 46.0 Å². The maximum atomic E-state index is 12.2. The molecule has 3 heterocycles. The molecule has 4 rings (SSSR count). The molecule has 0 radical (unpaired) electrons. The Morgan fingerprint density at radius 1 is 1.36 bits per heavy atom. The van der Waals surface area contributed by atoms with Crippen molar-refractivity contribution >= 4 is 10.0 Å². The smallest absolute Gasteiger partial charge is 0.214 e. The van der Waals surface area contributed by atoms with Gasteiger partial charge >= 0.3 is 0 Å². The van der Waals surface area contributed by atoms with E-state index in [0.29, 0.717) is 18.4 Å². The Hall–Kier alpha value is -0.430. The molecule has 0 unspecified atom stereocenters. The summed E-state index contributed by atoms with van der Waals surface area (Å²) >= 11 is 0. The Kier molecular flexibility index (Phi) is 4.34. The van der Waals surface area contributed by atoms with E-state index in [1.807, 2.05) is 6.08 Å². The van der Waals surface area contributed by atoms with Crippen LogP contribution in [0.25, 0.3) is 0 Å². The molecule has 25 heavy (non-hydrogen) atoms. The van der Waals surface area contributed by atoms with Crippen LogP contribution in [-0.2, 0) is 14.8 Å². The van der Waals surface area contributed by atoms with Gasteiger partial charge in [0.05, 0.1) is 17.0 Å². The number of allylic oxidation sites excluding steroid dienone is 1. The third-order valence-electron chi connectivity index (χ3n) is 6.69. The van der Waals surface area contributed by atoms with Crippen molar-refractivity contribution in [1.82, 2.24) is 9.62 Å². The van der Waals surface area contributed by atoms with Crippen molar-refractivity contribution in [3.8, 4) is 0 Å². The Morgan fingerprint density at radius 2 is 2.12 bits per heavy atom. The van der Waals surface area contributed by atoms with Crippen LogP contribution >= 0.6 is 0 Å². The van der Waals surface area contributed by atoms with Crippen LogP contribution in [0.3, 0.4) is 0 Å². The lowest BCUT2D eigenvalue weighted by molar-refractivity contribution is 0.000147. The van der Waals surface area contributed by atoms with Gasteiger partial charge in [-0.2, -0.15) is 0 Å². The van der Waals surface area contributed by atoms with Gasteiger partial charge in [0.1, 0.15) is 0 Å². The molecule has 0 aromatic heterocycles. The first kappa shape index (κ1) is 18.0. The zero-order valence-corrected chi connectivity index (χ0v) is 16.4. The first-order chi connectivity index (χ1) is 11.7. The van der Waals surface area contributed by atoms with Crippen molar-refractivity contribution in [2.45, 2.75) is 62.9 Å². The zero-order valence-electron chi connectivity index (χ0n) is 15.5. The average Bonchev–Trinajstić information content (AvgIpc) is 3.14. The minimum atomic E-state index is -3.10. The number of nitrogens with zero attached hydrogens (tertiary/aromatic N) is 1. The van der Waals surface area contributed by atoms with Crippen LogP contribution in [0.4, 0.5) is 0 Å². The second kappa shape index (κ2) is 6.04. The van der Waals surface area contributed by atoms with E-state index in [0.717, 1.165) is 51.7 Å². The van der Waals surface area contributed by atoms with Crippen LogP contribution in [0.5, 0.6) is 0 Å². The molecule has 6 heteroatoms. The predicted molar refractivity (Wildman–Crippen MR) is 98.8 cm³/mol. The minimum Gasteiger partial charge on any atom is -0.370 e. The molecule has 3 aliphatic heterocycles. The Balaban J connectivity index is 1.41. The Morgan fingerprint density at radius 3 is 2.80 bits per heavy atom. The summed E-state index contributed by atoms with van der Waals surface area (Å²) < 4.78 is 33.7. The number of ether oxygens (including phenoxy) is 1. The fourth-order valence-electron chi connectivity index (χ4n) is 5.45. The minimum absolute atomic E-state index is 0.0232. The molecular weight excluding hydrogens is 336 g/mol. The summed E-state index contributed by atoms with van der Waals surface area (Å²) in [4.78, 5) is 2.54. The van der Waals surface area contributed by atoms with E-state index in [-0.39, 0.29) is 22.4 Å². The van der Waals surface area contributed by atoms with Crippen LogP contribution in [0, 0.1) is 17.3 Å². The lowest BCUT2D eigenvalue weighted by Gasteiger charge is -2.30. The summed E-state index contributed by atoms with van der Waals surface area (Å²) in [6.07, 6.45) is 7.11. The molecule has 0 aromatic rings. The van der Waals surface area contributed by atoms with Gasteiger partial charge in [0.15, 0.2) is 0 Å². The summed E-state index contributed by atoms with van der Waals surface area (Å²) in [6, 6.07) is 0. The molecule has 1 spiro atoms. The molecule has 1 saturated carbocycles. The molecule has 4 atom stereocenters. The van der Waals surface area contributed by atoms with Gasteiger partial charge in [-0.15, -0.1) is 6.58 Å². The van der Waals surface area contributed by atoms with Crippen molar-refractivity contribution in [3.63, 3.8) is 0 Å². The highest BCUT2D eigenvalue weighted by Crippen LogP contribution is 2.55. The van der Waals surface area contributed by atoms with Crippen LogP contribution in [0.2, 0.25) is 0 Å². The third-order valence-corrected chi connectivity index (χ3v) is 8.60. The van der Waals surface area contributed by atoms with Gasteiger partial charge in [0.25, 0.3) is 0 Å². The summed E-state index contributed by atoms with van der Waals surface area (Å²) in [7, 11) is -3.10. The first-order valence-corrected chi connectivity index (χ1v) is 11.3. The molecule has 0 amide bonds. The van der Waals surface area contributed by atoms with Crippen LogP contribution in [0.15, 0.2) is 12.7 Å². The maximum absolute atomic E-state index is 12.2. The van der Waals surface area contributed by atoms with Crippen molar-refractivity contribution in [2.75, 3.05) is 26.2 Å². The lowest BCUT2D eigenvalue weighted by Crippen LogP contribution is -2.42. The van der Waals surface area contributed by atoms with Crippen LogP contribution < -0.4 is 4.72 Å². The Labute approximate surface area is 152 Å². The quantitative estimate of drug-likeness (QED) is 0.667. The van der Waals surface area contributed by atoms with Gasteiger partial charge in [-0.25, -0.2) is 13.1 Å². The van der Waals surface area contributed by atoms with E-state index in [1.165, 1.54) is 0 Å². The van der Waals surface area contributed by atoms with Gasteiger partial charge in [-0.05, 0) is 37.5 Å². The zero-order chi connectivity index (χ0) is 17.9. The molecule has 142 valence electrons. The monoisotopic (exact) mass is 368 g/mol. The van der Waals surface area contributed by atoms with Gasteiger partial charge in [-0.1, -0.05) is 19.9 Å². The molecule has 1 N–H and O–H groups in total. The molecule has 1 aliphatic carbocycles. The summed E-state index contributed by atoms with van der Waals surface area (Å²) in [5, 5.41) is -0.138. The number of likely N-dealkylation sites (tertiary alicyclic amines) is 1. The van der Waals surface area contributed by atoms with E-state index in [9.17, 15) is 8.42 Å². The topological polar surface area (TPSA) is 58.6 Å². The highest BCUT2D eigenvalue weighted by atomic mass is 32.2. The number of sulfonamides is 1. The third kappa shape index (κ3) is 3.31. The molecule has 3 saturated heterocycles. The van der Waals surface area contributed by atoms with Crippen molar-refractivity contribution < 1.29 is 13.2 Å². The normalized spacial score (nSPS) is 38.2. The largest absolute Gasteiger partial charge is 0.370 e. The van der Waals surface area contributed by atoms with Crippen molar-refractivity contribution in [2.24, 2.45) is 17.3 Å². The summed E-state index contributed by atoms with van der Waals surface area (Å²) in [5.41, 5.74) is 0.197. The molecule has 4 aliphatic rings. The van der Waals surface area contributed by atoms with E-state index < -0.39 is 10.0 Å². The maximum Gasteiger partial charge on any atom is 0.214 e. The molecule has 5 nitrogen and oxygen atoms in total. The Bertz CT molecular complexity index is 643. The van der Waals surface area contributed by atoms with Gasteiger partial charge in [-0.3, -0.25) is 4.90 Å². The van der Waals surface area contributed by atoms with Gasteiger partial charge in [0.2, 0.25) is 10.0 Å². The van der Waals surface area contributed by atoms with E-state index in [1.54, 1.807) is 0 Å². The van der Waals surface area contributed by atoms with Crippen molar-refractivity contribution in [3.05, 3.63) is 12.7 Å². The number of hydrogen-bond acceptors (Lipinski definition) is 4. The number of rotatable bonds is 8. The summed E-state index contributed by atoms with van der Waals surface area (Å²) in [6.45, 7) is 12.1. The number of nitrogens with one attached hydrogen (secondary N) is 1. The highest BCUT2D eigenvalue weighted by Gasteiger charge is 2.63.